The minimum atomic E-state index is -0.604. The zero-order valence-electron chi connectivity index (χ0n) is 15.5. The van der Waals surface area contributed by atoms with Crippen LogP contribution in [0.3, 0.4) is 0 Å². The van der Waals surface area contributed by atoms with Crippen LogP contribution in [0.4, 0.5) is 5.82 Å². The van der Waals surface area contributed by atoms with E-state index in [-0.39, 0.29) is 12.1 Å². The third kappa shape index (κ3) is 2.21. The van der Waals surface area contributed by atoms with Crippen LogP contribution in [0.1, 0.15) is 73.6 Å². The first kappa shape index (κ1) is 16.5. The number of aliphatic hydroxyl groups is 2. The molecule has 0 aromatic carbocycles. The Morgan fingerprint density at radius 2 is 1.96 bits per heavy atom. The predicted octanol–water partition coefficient (Wildman–Crippen LogP) is 2.61. The van der Waals surface area contributed by atoms with Gasteiger partial charge in [-0.3, -0.25) is 0 Å². The van der Waals surface area contributed by atoms with Crippen LogP contribution in [0, 0.1) is 0 Å². The highest BCUT2D eigenvalue weighted by Crippen LogP contribution is 2.51. The van der Waals surface area contributed by atoms with Crippen molar-refractivity contribution in [3.8, 4) is 11.3 Å². The normalized spacial score (nSPS) is 27.0. The second-order valence-corrected chi connectivity index (χ2v) is 8.41. The molecule has 8 nitrogen and oxygen atoms in total. The van der Waals surface area contributed by atoms with Crippen molar-refractivity contribution in [1.29, 1.82) is 0 Å². The maximum atomic E-state index is 10.9. The molecule has 0 aliphatic heterocycles. The maximum absolute atomic E-state index is 10.9. The maximum Gasteiger partial charge on any atom is 0.146 e. The van der Waals surface area contributed by atoms with Crippen LogP contribution < -0.4 is 5.73 Å². The van der Waals surface area contributed by atoms with Gasteiger partial charge in [-0.25, -0.2) is 9.97 Å². The molecule has 3 unspecified atom stereocenters. The number of hydrogen-bond acceptors (Lipinski definition) is 7. The van der Waals surface area contributed by atoms with Gasteiger partial charge in [0.25, 0.3) is 0 Å². The van der Waals surface area contributed by atoms with Crippen LogP contribution in [-0.2, 0) is 6.42 Å². The molecule has 0 saturated heterocycles. The van der Waals surface area contributed by atoms with Gasteiger partial charge < -0.3 is 25.0 Å². The molecule has 0 bridgehead atoms. The summed E-state index contributed by atoms with van der Waals surface area (Å²) >= 11 is 0. The second kappa shape index (κ2) is 5.78. The fraction of sp³-hybridized carbons (Fsp3) is 0.550. The molecule has 3 aromatic heterocycles. The van der Waals surface area contributed by atoms with Gasteiger partial charge in [0.05, 0.1) is 23.2 Å². The minimum absolute atomic E-state index is 0.157. The Bertz CT molecular complexity index is 1080. The molecule has 6 rings (SSSR count). The lowest BCUT2D eigenvalue weighted by molar-refractivity contribution is 0.165. The second-order valence-electron chi connectivity index (χ2n) is 8.41. The van der Waals surface area contributed by atoms with Crippen LogP contribution in [0.15, 0.2) is 10.9 Å². The highest BCUT2D eigenvalue weighted by atomic mass is 16.5. The number of fused-ring (bicyclic) bond motifs is 5. The van der Waals surface area contributed by atoms with Gasteiger partial charge in [-0.1, -0.05) is 5.16 Å². The molecule has 3 atom stereocenters. The van der Waals surface area contributed by atoms with Crippen molar-refractivity contribution < 1.29 is 14.7 Å². The lowest BCUT2D eigenvalue weighted by atomic mass is 10.0. The van der Waals surface area contributed by atoms with Crippen molar-refractivity contribution in [2.24, 2.45) is 0 Å². The number of aliphatic hydroxyl groups excluding tert-OH is 2. The van der Waals surface area contributed by atoms with E-state index in [2.05, 4.69) is 19.7 Å². The van der Waals surface area contributed by atoms with E-state index in [9.17, 15) is 10.2 Å². The molecule has 4 N–H and O–H groups in total. The van der Waals surface area contributed by atoms with Crippen LogP contribution >= 0.6 is 0 Å². The largest absolute Gasteiger partial charge is 0.393 e. The SMILES string of the molecule is Nc1ncnc2c1c1c(n2C2CCC(O)C2)CCC(O)c2c-1noc2C1CC1. The van der Waals surface area contributed by atoms with Crippen molar-refractivity contribution in [3.05, 3.63) is 23.3 Å². The smallest absolute Gasteiger partial charge is 0.146 e. The third-order valence-corrected chi connectivity index (χ3v) is 6.59. The van der Waals surface area contributed by atoms with E-state index >= 15 is 0 Å². The zero-order valence-corrected chi connectivity index (χ0v) is 15.5. The van der Waals surface area contributed by atoms with Gasteiger partial charge in [-0.15, -0.1) is 0 Å². The molecule has 8 heteroatoms. The Morgan fingerprint density at radius 1 is 1.11 bits per heavy atom. The van der Waals surface area contributed by atoms with Gasteiger partial charge in [0, 0.05) is 23.2 Å². The number of nitrogens with zero attached hydrogens (tertiary/aromatic N) is 4. The molecule has 2 fully saturated rings. The van der Waals surface area contributed by atoms with Crippen molar-refractivity contribution in [2.75, 3.05) is 5.73 Å². The lowest BCUT2D eigenvalue weighted by Gasteiger charge is -2.17. The Kier molecular flexibility index (Phi) is 3.40. The van der Waals surface area contributed by atoms with Crippen LogP contribution in [0.25, 0.3) is 22.3 Å². The topological polar surface area (TPSA) is 123 Å². The summed E-state index contributed by atoms with van der Waals surface area (Å²) in [6, 6.07) is 0.157. The molecule has 146 valence electrons. The van der Waals surface area contributed by atoms with Crippen LogP contribution in [-0.4, -0.2) is 36.0 Å². The molecule has 3 aliphatic carbocycles. The van der Waals surface area contributed by atoms with Gasteiger partial charge in [0.15, 0.2) is 0 Å². The molecular weight excluding hydrogens is 358 g/mol. The molecular formula is C20H23N5O3. The van der Waals surface area contributed by atoms with Gasteiger partial charge in [0.1, 0.15) is 29.2 Å². The van der Waals surface area contributed by atoms with E-state index in [1.165, 1.54) is 6.33 Å². The van der Waals surface area contributed by atoms with Crippen LogP contribution in [0.5, 0.6) is 0 Å². The van der Waals surface area contributed by atoms with Crippen molar-refractivity contribution in [1.82, 2.24) is 19.7 Å². The summed E-state index contributed by atoms with van der Waals surface area (Å²) in [6.45, 7) is 0. The minimum Gasteiger partial charge on any atom is -0.393 e. The van der Waals surface area contributed by atoms with Crippen molar-refractivity contribution in [2.45, 2.75) is 69.1 Å². The summed E-state index contributed by atoms with van der Waals surface area (Å²) in [5, 5.41) is 26.2. The number of aromatic nitrogens is 4. The highest BCUT2D eigenvalue weighted by Gasteiger charge is 2.40. The Hall–Kier alpha value is -2.45. The standard InChI is InChI=1S/C20H23N5O3/c21-19-16-14-12(25(20(16)23-8-22-19)10-3-4-11(26)7-10)5-6-13(27)15-17(14)24-28-18(15)9-1-2-9/h8-11,13,26-27H,1-7H2,(H2,21,22,23). The van der Waals surface area contributed by atoms with E-state index < -0.39 is 6.10 Å². The fourth-order valence-electron chi connectivity index (χ4n) is 5.14. The van der Waals surface area contributed by atoms with Gasteiger partial charge >= 0.3 is 0 Å². The highest BCUT2D eigenvalue weighted by molar-refractivity contribution is 6.02. The Balaban J connectivity index is 1.66. The molecule has 0 spiro atoms. The summed E-state index contributed by atoms with van der Waals surface area (Å²) in [7, 11) is 0. The van der Waals surface area contributed by atoms with E-state index in [0.29, 0.717) is 36.7 Å². The number of anilines is 1. The van der Waals surface area contributed by atoms with E-state index in [4.69, 9.17) is 10.3 Å². The van der Waals surface area contributed by atoms with E-state index in [0.717, 1.165) is 59.3 Å². The Labute approximate surface area is 161 Å². The van der Waals surface area contributed by atoms with Crippen molar-refractivity contribution in [3.63, 3.8) is 0 Å². The molecule has 3 heterocycles. The summed E-state index contributed by atoms with van der Waals surface area (Å²) in [5.74, 6) is 1.60. The first-order chi connectivity index (χ1) is 13.6. The number of nitrogen functional groups attached to an aromatic ring is 1. The number of hydrogen-bond donors (Lipinski definition) is 3. The number of rotatable bonds is 2. The number of nitrogens with two attached hydrogens (primary N) is 1. The molecule has 28 heavy (non-hydrogen) atoms. The molecule has 0 amide bonds. The summed E-state index contributed by atoms with van der Waals surface area (Å²) in [4.78, 5) is 8.79. The summed E-state index contributed by atoms with van der Waals surface area (Å²) < 4.78 is 7.94. The van der Waals surface area contributed by atoms with Gasteiger partial charge in [-0.2, -0.15) is 0 Å². The Morgan fingerprint density at radius 3 is 2.71 bits per heavy atom. The average molecular weight is 381 g/mol. The van der Waals surface area contributed by atoms with Crippen molar-refractivity contribution >= 4 is 16.9 Å². The van der Waals surface area contributed by atoms with Crippen LogP contribution in [0.2, 0.25) is 0 Å². The molecule has 3 aromatic rings. The summed E-state index contributed by atoms with van der Waals surface area (Å²) in [5.41, 5.74) is 10.6. The average Bonchev–Trinajstić information content (AvgIpc) is 3.18. The first-order valence-electron chi connectivity index (χ1n) is 10.1. The lowest BCUT2D eigenvalue weighted by Crippen LogP contribution is -2.12. The predicted molar refractivity (Wildman–Crippen MR) is 102 cm³/mol. The third-order valence-electron chi connectivity index (χ3n) is 6.59. The molecule has 2 saturated carbocycles. The molecule has 3 aliphatic rings. The quantitative estimate of drug-likeness (QED) is 0.623. The van der Waals surface area contributed by atoms with Gasteiger partial charge in [0.2, 0.25) is 0 Å². The summed E-state index contributed by atoms with van der Waals surface area (Å²) in [6.07, 6.45) is 6.41. The van der Waals surface area contributed by atoms with E-state index in [1.807, 2.05) is 0 Å². The monoisotopic (exact) mass is 381 g/mol. The van der Waals surface area contributed by atoms with Gasteiger partial charge in [-0.05, 0) is 44.9 Å². The molecule has 0 radical (unpaired) electrons. The van der Waals surface area contributed by atoms with E-state index in [1.54, 1.807) is 0 Å². The zero-order chi connectivity index (χ0) is 19.0. The first-order valence-corrected chi connectivity index (χ1v) is 10.1. The fourth-order valence-corrected chi connectivity index (χ4v) is 5.14.